The maximum atomic E-state index is 6.46. The highest BCUT2D eigenvalue weighted by Gasteiger charge is 2.11. The number of hydrogen-bond acceptors (Lipinski definition) is 2. The molecule has 0 fully saturated rings. The molecule has 57 heavy (non-hydrogen) atoms. The van der Waals surface area contributed by atoms with Crippen LogP contribution in [-0.4, -0.2) is 19.4 Å². The van der Waals surface area contributed by atoms with Crippen molar-refractivity contribution in [1.29, 1.82) is 0 Å². The van der Waals surface area contributed by atoms with Gasteiger partial charge in [0.15, 0.2) is 8.38 Å². The van der Waals surface area contributed by atoms with Crippen LogP contribution >= 0.6 is 8.38 Å². The van der Waals surface area contributed by atoms with Gasteiger partial charge in [0.25, 0.3) is 0 Å². The summed E-state index contributed by atoms with van der Waals surface area (Å²) in [6.07, 6.45) is 69.6. The topological polar surface area (TPSA) is 18.5 Å². The van der Waals surface area contributed by atoms with Crippen molar-refractivity contribution in [3.05, 3.63) is 0 Å². The fourth-order valence-corrected chi connectivity index (χ4v) is 10.1. The first kappa shape index (κ1) is 57.3. The van der Waals surface area contributed by atoms with Crippen LogP contribution in [0, 0.1) is 0 Å². The molecule has 0 atom stereocenters. The van der Waals surface area contributed by atoms with Crippen molar-refractivity contribution in [2.45, 2.75) is 329 Å². The molecule has 0 rings (SSSR count). The van der Waals surface area contributed by atoms with Gasteiger partial charge < -0.3 is 9.05 Å². The van der Waals surface area contributed by atoms with Gasteiger partial charge in [-0.2, -0.15) is 0 Å². The minimum atomic E-state index is -0.691. The lowest BCUT2D eigenvalue weighted by molar-refractivity contribution is 0.239. The Hall–Kier alpha value is 0.350. The van der Waals surface area contributed by atoms with Crippen LogP contribution in [0.4, 0.5) is 0 Å². The maximum absolute atomic E-state index is 6.46. The Morgan fingerprint density at radius 1 is 0.193 bits per heavy atom. The molecule has 0 unspecified atom stereocenters. The number of hydrogen-bond donors (Lipinski definition) is 0. The summed E-state index contributed by atoms with van der Waals surface area (Å²) in [5.41, 5.74) is 0. The SMILES string of the molecule is CCCCCCCCCCCCCCCCCCOP(CCCCCCCCCCCCCCCCCC)OCCCCCCCCCCCCCCCCCC. The van der Waals surface area contributed by atoms with E-state index in [4.69, 9.17) is 9.05 Å². The first-order valence-corrected chi connectivity index (χ1v) is 28.7. The van der Waals surface area contributed by atoms with Crippen LogP contribution in [0.5, 0.6) is 0 Å². The van der Waals surface area contributed by atoms with Gasteiger partial charge in [-0.3, -0.25) is 0 Å². The molecule has 3 heteroatoms. The predicted molar refractivity (Wildman–Crippen MR) is 262 cm³/mol. The van der Waals surface area contributed by atoms with Crippen molar-refractivity contribution in [3.8, 4) is 0 Å². The zero-order valence-electron chi connectivity index (χ0n) is 40.3. The van der Waals surface area contributed by atoms with Gasteiger partial charge in [0.1, 0.15) is 0 Å². The fourth-order valence-electron chi connectivity index (χ4n) is 8.59. The normalized spacial score (nSPS) is 11.8. The highest BCUT2D eigenvalue weighted by atomic mass is 31.2. The molecule has 0 bridgehead atoms. The third kappa shape index (κ3) is 52.4. The lowest BCUT2D eigenvalue weighted by Crippen LogP contribution is -2.00. The van der Waals surface area contributed by atoms with Gasteiger partial charge in [0.2, 0.25) is 0 Å². The van der Waals surface area contributed by atoms with Gasteiger partial charge in [-0.15, -0.1) is 0 Å². The molecule has 0 saturated heterocycles. The minimum absolute atomic E-state index is 0.691. The molecule has 0 aromatic carbocycles. The zero-order chi connectivity index (χ0) is 41.1. The Morgan fingerprint density at radius 3 is 0.544 bits per heavy atom. The van der Waals surface area contributed by atoms with E-state index in [1.54, 1.807) is 0 Å². The Kier molecular flexibility index (Phi) is 54.7. The van der Waals surface area contributed by atoms with E-state index in [1.807, 2.05) is 0 Å². The molecule has 0 aromatic rings. The highest BCUT2D eigenvalue weighted by molar-refractivity contribution is 7.47. The second-order valence-corrected chi connectivity index (χ2v) is 20.3. The molecule has 0 amide bonds. The Labute approximate surface area is 364 Å². The second-order valence-electron chi connectivity index (χ2n) is 18.6. The van der Waals surface area contributed by atoms with Gasteiger partial charge in [0.05, 0.1) is 13.2 Å². The maximum Gasteiger partial charge on any atom is 0.170 e. The largest absolute Gasteiger partial charge is 0.334 e. The van der Waals surface area contributed by atoms with E-state index >= 15 is 0 Å². The Balaban J connectivity index is 3.95. The monoisotopic (exact) mass is 823 g/mol. The summed E-state index contributed by atoms with van der Waals surface area (Å²) < 4.78 is 12.9. The van der Waals surface area contributed by atoms with E-state index in [1.165, 1.54) is 308 Å². The van der Waals surface area contributed by atoms with Crippen LogP contribution in [0.3, 0.4) is 0 Å². The summed E-state index contributed by atoms with van der Waals surface area (Å²) in [5.74, 6) is 0. The van der Waals surface area contributed by atoms with E-state index < -0.39 is 8.38 Å². The number of rotatable bonds is 53. The van der Waals surface area contributed by atoms with Crippen molar-refractivity contribution in [2.24, 2.45) is 0 Å². The van der Waals surface area contributed by atoms with Crippen LogP contribution < -0.4 is 0 Å². The molecule has 0 aromatic heterocycles. The van der Waals surface area contributed by atoms with Crippen LogP contribution in [0.2, 0.25) is 0 Å². The summed E-state index contributed by atoms with van der Waals surface area (Å²) >= 11 is 0. The first-order valence-electron chi connectivity index (χ1n) is 27.4. The Morgan fingerprint density at radius 2 is 0.351 bits per heavy atom. The molecule has 0 aliphatic heterocycles. The molecular formula is C54H111O2P. The van der Waals surface area contributed by atoms with Gasteiger partial charge in [-0.05, 0) is 19.3 Å². The third-order valence-corrected chi connectivity index (χ3v) is 14.3. The van der Waals surface area contributed by atoms with Gasteiger partial charge in [-0.25, -0.2) is 0 Å². The lowest BCUT2D eigenvalue weighted by atomic mass is 10.0. The van der Waals surface area contributed by atoms with E-state index in [-0.39, 0.29) is 0 Å². The zero-order valence-corrected chi connectivity index (χ0v) is 41.2. The minimum Gasteiger partial charge on any atom is -0.334 e. The van der Waals surface area contributed by atoms with Crippen LogP contribution in [0.15, 0.2) is 0 Å². The molecule has 0 spiro atoms. The predicted octanol–water partition coefficient (Wildman–Crippen LogP) is 21.1. The lowest BCUT2D eigenvalue weighted by Gasteiger charge is -2.18. The standard InChI is InChI=1S/C54H111O2P/c1-4-7-10-13-16-19-22-25-28-31-34-37-40-43-46-49-52-55-57(54-51-48-45-42-39-36-33-30-27-24-21-18-15-12-9-6-3)56-53-50-47-44-41-38-35-32-29-26-23-20-17-14-11-8-5-2/h4-54H2,1-3H3. The summed E-state index contributed by atoms with van der Waals surface area (Å²) in [4.78, 5) is 0. The van der Waals surface area contributed by atoms with Crippen LogP contribution in [0.25, 0.3) is 0 Å². The average molecular weight is 823 g/mol. The van der Waals surface area contributed by atoms with Crippen molar-refractivity contribution in [3.63, 3.8) is 0 Å². The molecule has 2 nitrogen and oxygen atoms in total. The average Bonchev–Trinajstić information content (AvgIpc) is 3.22. The molecule has 0 aliphatic carbocycles. The smallest absolute Gasteiger partial charge is 0.170 e. The van der Waals surface area contributed by atoms with Crippen molar-refractivity contribution >= 4 is 8.38 Å². The second kappa shape index (κ2) is 54.4. The molecule has 0 radical (unpaired) electrons. The summed E-state index contributed by atoms with van der Waals surface area (Å²) in [6.45, 7) is 8.77. The van der Waals surface area contributed by atoms with E-state index in [0.717, 1.165) is 19.4 Å². The molecule has 0 N–H and O–H groups in total. The van der Waals surface area contributed by atoms with E-state index in [9.17, 15) is 0 Å². The molecule has 0 aliphatic rings. The molecular weight excluding hydrogens is 712 g/mol. The third-order valence-electron chi connectivity index (χ3n) is 12.7. The fraction of sp³-hybridized carbons (Fsp3) is 1.00. The molecule has 344 valence electrons. The van der Waals surface area contributed by atoms with Crippen molar-refractivity contribution in [2.75, 3.05) is 19.4 Å². The van der Waals surface area contributed by atoms with Crippen LogP contribution in [0.1, 0.15) is 329 Å². The molecule has 0 saturated carbocycles. The van der Waals surface area contributed by atoms with E-state index in [2.05, 4.69) is 20.8 Å². The van der Waals surface area contributed by atoms with Gasteiger partial charge in [0, 0.05) is 6.16 Å². The summed E-state index contributed by atoms with van der Waals surface area (Å²) in [5, 5.41) is 0. The molecule has 0 heterocycles. The van der Waals surface area contributed by atoms with Crippen molar-refractivity contribution < 1.29 is 9.05 Å². The quantitative estimate of drug-likeness (QED) is 0.0449. The van der Waals surface area contributed by atoms with Gasteiger partial charge >= 0.3 is 0 Å². The highest BCUT2D eigenvalue weighted by Crippen LogP contribution is 2.40. The summed E-state index contributed by atoms with van der Waals surface area (Å²) in [7, 11) is -0.691. The van der Waals surface area contributed by atoms with Gasteiger partial charge in [-0.1, -0.05) is 310 Å². The van der Waals surface area contributed by atoms with Crippen LogP contribution in [-0.2, 0) is 9.05 Å². The Bertz CT molecular complexity index is 632. The summed E-state index contributed by atoms with van der Waals surface area (Å²) in [6, 6.07) is 0. The first-order chi connectivity index (χ1) is 28.3. The number of unbranched alkanes of at least 4 members (excludes halogenated alkanes) is 45. The van der Waals surface area contributed by atoms with E-state index in [0.29, 0.717) is 0 Å². The van der Waals surface area contributed by atoms with Crippen molar-refractivity contribution in [1.82, 2.24) is 0 Å².